The summed E-state index contributed by atoms with van der Waals surface area (Å²) in [5, 5.41) is 12.8. The number of nitriles is 1. The average molecular weight is 1110 g/mol. The summed E-state index contributed by atoms with van der Waals surface area (Å²) in [5.74, 6) is 1.56. The van der Waals surface area contributed by atoms with Crippen molar-refractivity contribution in [1.82, 2.24) is 19.5 Å². The van der Waals surface area contributed by atoms with Crippen LogP contribution >= 0.6 is 0 Å². The van der Waals surface area contributed by atoms with Crippen molar-refractivity contribution in [2.45, 2.75) is 52.4 Å². The predicted octanol–water partition coefficient (Wildman–Crippen LogP) is 17.9. The summed E-state index contributed by atoms with van der Waals surface area (Å²) in [6.07, 6.45) is 0. The minimum absolute atomic E-state index is 0.0418. The number of hydrogen-bond donors (Lipinski definition) is 0. The van der Waals surface area contributed by atoms with Gasteiger partial charge >= 0.3 is 0 Å². The zero-order chi connectivity index (χ0) is 58.4. The molecule has 86 heavy (non-hydrogen) atoms. The molecule has 7 nitrogen and oxygen atoms in total. The summed E-state index contributed by atoms with van der Waals surface area (Å²) in [6, 6.07) is 93.9. The minimum Gasteiger partial charge on any atom is -0.311 e. The molecule has 0 atom stereocenters. The number of aromatic nitrogens is 4. The number of hydrogen-bond acceptors (Lipinski definition) is 6. The molecule has 0 saturated heterocycles. The lowest BCUT2D eigenvalue weighted by molar-refractivity contribution is 0.590. The quantitative estimate of drug-likeness (QED) is 0.141. The fourth-order valence-corrected chi connectivity index (χ4v) is 13.0. The van der Waals surface area contributed by atoms with Crippen molar-refractivity contribution in [3.63, 3.8) is 0 Å². The third kappa shape index (κ3) is 8.85. The normalized spacial score (nSPS) is 12.7. The molecule has 410 valence electrons. The van der Waals surface area contributed by atoms with Gasteiger partial charge in [-0.25, -0.2) is 15.0 Å². The molecule has 11 aromatic carbocycles. The topological polar surface area (TPSA) is 73.9 Å². The maximum atomic E-state index is 10.6. The molecule has 0 saturated carbocycles. The lowest BCUT2D eigenvalue weighted by Crippen LogP contribution is -2.61. The highest BCUT2D eigenvalue weighted by Gasteiger charge is 2.44. The summed E-state index contributed by atoms with van der Waals surface area (Å²) in [7, 11) is 0. The van der Waals surface area contributed by atoms with E-state index in [4.69, 9.17) is 15.0 Å². The van der Waals surface area contributed by atoms with Gasteiger partial charge in [-0.3, -0.25) is 0 Å². The lowest BCUT2D eigenvalue weighted by atomic mass is 9.33. The second-order valence-electron chi connectivity index (χ2n) is 24.8. The predicted molar refractivity (Wildman–Crippen MR) is 357 cm³/mol. The fourth-order valence-electron chi connectivity index (χ4n) is 13.0. The van der Waals surface area contributed by atoms with Crippen molar-refractivity contribution < 1.29 is 0 Å². The van der Waals surface area contributed by atoms with Crippen LogP contribution in [0.25, 0.3) is 83.9 Å². The summed E-state index contributed by atoms with van der Waals surface area (Å²) >= 11 is 0. The standard InChI is InChI=1S/C78H60BN7/c1-77(2,3)57-35-38-64-69(47-57)84(59-28-18-10-19-29-59)71-45-56(46-72-73(71)79(64)65-39-36-58(78(4,5)6)48-70(65)85(72)60-30-20-11-21-31-60)54-34-41-66-62(43-54)61-37-33-55(51-22-12-7-13-23-51)44-68(61)86(66)67-40-32-50(49-80)42-63(67)76-82-74(52-24-14-8-15-25-52)81-75(83-76)53-26-16-9-17-27-53/h7-48H,1-6H3. The van der Waals surface area contributed by atoms with Crippen LogP contribution in [0.4, 0.5) is 34.1 Å². The lowest BCUT2D eigenvalue weighted by Gasteiger charge is -2.45. The Morgan fingerprint density at radius 3 is 1.35 bits per heavy atom. The fraction of sp³-hybridized carbons (Fsp3) is 0.103. The van der Waals surface area contributed by atoms with E-state index in [1.807, 2.05) is 72.8 Å². The van der Waals surface area contributed by atoms with Crippen LogP contribution in [0, 0.1) is 11.3 Å². The maximum Gasteiger partial charge on any atom is 0.252 e. The highest BCUT2D eigenvalue weighted by molar-refractivity contribution is 7.00. The zero-order valence-electron chi connectivity index (χ0n) is 49.0. The smallest absolute Gasteiger partial charge is 0.252 e. The molecule has 0 aliphatic carbocycles. The van der Waals surface area contributed by atoms with Crippen molar-refractivity contribution in [3.05, 3.63) is 271 Å². The van der Waals surface area contributed by atoms with E-state index in [1.54, 1.807) is 0 Å². The monoisotopic (exact) mass is 1110 g/mol. The Hall–Kier alpha value is -10.6. The van der Waals surface area contributed by atoms with Gasteiger partial charge in [-0.1, -0.05) is 211 Å². The molecule has 0 unspecified atom stereocenters. The first-order valence-electron chi connectivity index (χ1n) is 29.6. The van der Waals surface area contributed by atoms with Gasteiger partial charge in [0.25, 0.3) is 6.71 Å². The zero-order valence-corrected chi connectivity index (χ0v) is 49.0. The summed E-state index contributed by atoms with van der Waals surface area (Å²) in [6.45, 7) is 13.8. The Bertz CT molecular complexity index is 4660. The number of fused-ring (bicyclic) bond motifs is 7. The van der Waals surface area contributed by atoms with E-state index in [0.29, 0.717) is 28.6 Å². The number of benzene rings is 11. The summed E-state index contributed by atoms with van der Waals surface area (Å²) in [4.78, 5) is 20.6. The molecule has 2 aliphatic rings. The first-order chi connectivity index (χ1) is 41.9. The van der Waals surface area contributed by atoms with Crippen molar-refractivity contribution >= 4 is 79.0 Å². The van der Waals surface area contributed by atoms with E-state index in [9.17, 15) is 5.26 Å². The Balaban J connectivity index is 1.01. The molecule has 8 heteroatoms. The summed E-state index contributed by atoms with van der Waals surface area (Å²) in [5.41, 5.74) is 23.3. The molecule has 15 rings (SSSR count). The second-order valence-corrected chi connectivity index (χ2v) is 24.8. The molecule has 0 N–H and O–H groups in total. The van der Waals surface area contributed by atoms with Gasteiger partial charge in [0.05, 0.1) is 28.4 Å². The number of anilines is 6. The molecule has 4 heterocycles. The van der Waals surface area contributed by atoms with Crippen LogP contribution in [0.2, 0.25) is 0 Å². The number of nitrogens with zero attached hydrogens (tertiary/aromatic N) is 7. The molecule has 0 bridgehead atoms. The molecular weight excluding hydrogens is 1050 g/mol. The van der Waals surface area contributed by atoms with E-state index in [-0.39, 0.29) is 17.5 Å². The molecule has 13 aromatic rings. The number of rotatable bonds is 8. The SMILES string of the molecule is CC(C)(C)c1ccc2c(c1)N(c1ccccc1)c1cc(-c3ccc4c(c3)c3ccc(-c5ccccc5)cc3n4-c3ccc(C#N)cc3-c3nc(-c4ccccc4)nc(-c4ccccc4)n3)cc3c1B2c1ccc(C(C)(C)C)cc1N3c1ccccc1. The van der Waals surface area contributed by atoms with Crippen molar-refractivity contribution in [1.29, 1.82) is 5.26 Å². The molecule has 0 amide bonds. The van der Waals surface area contributed by atoms with E-state index < -0.39 is 0 Å². The third-order valence-electron chi connectivity index (χ3n) is 17.3. The van der Waals surface area contributed by atoms with Crippen molar-refractivity contribution in [2.24, 2.45) is 0 Å². The summed E-state index contributed by atoms with van der Waals surface area (Å²) < 4.78 is 2.34. The molecule has 2 aromatic heterocycles. The van der Waals surface area contributed by atoms with Crippen LogP contribution in [0.3, 0.4) is 0 Å². The van der Waals surface area contributed by atoms with Gasteiger partial charge < -0.3 is 14.4 Å². The van der Waals surface area contributed by atoms with E-state index in [1.165, 1.54) is 38.9 Å². The van der Waals surface area contributed by atoms with Crippen LogP contribution in [0.1, 0.15) is 58.2 Å². The highest BCUT2D eigenvalue weighted by Crippen LogP contribution is 2.48. The van der Waals surface area contributed by atoms with Crippen molar-refractivity contribution in [3.8, 4) is 68.2 Å². The maximum absolute atomic E-state index is 10.6. The first-order valence-corrected chi connectivity index (χ1v) is 29.6. The number of para-hydroxylation sites is 2. The molecule has 0 fully saturated rings. The van der Waals surface area contributed by atoms with Crippen LogP contribution in [-0.4, -0.2) is 26.2 Å². The largest absolute Gasteiger partial charge is 0.311 e. The highest BCUT2D eigenvalue weighted by atomic mass is 15.2. The van der Waals surface area contributed by atoms with E-state index in [0.717, 1.165) is 83.6 Å². The van der Waals surface area contributed by atoms with Crippen molar-refractivity contribution in [2.75, 3.05) is 9.80 Å². The molecule has 0 spiro atoms. The van der Waals surface area contributed by atoms with Crippen LogP contribution in [0.15, 0.2) is 255 Å². The third-order valence-corrected chi connectivity index (χ3v) is 17.3. The van der Waals surface area contributed by atoms with Crippen LogP contribution < -0.4 is 26.2 Å². The minimum atomic E-state index is -0.0859. The Morgan fingerprint density at radius 1 is 0.360 bits per heavy atom. The van der Waals surface area contributed by atoms with Gasteiger partial charge in [-0.15, -0.1) is 0 Å². The van der Waals surface area contributed by atoms with E-state index in [2.05, 4.69) is 244 Å². The Kier molecular flexibility index (Phi) is 12.3. The van der Waals surface area contributed by atoms with Crippen LogP contribution in [-0.2, 0) is 10.8 Å². The van der Waals surface area contributed by atoms with Gasteiger partial charge in [0, 0.05) is 61.6 Å². The second kappa shape index (κ2) is 20.3. The Labute approximate surface area is 502 Å². The molecule has 2 aliphatic heterocycles. The van der Waals surface area contributed by atoms with Gasteiger partial charge in [0.15, 0.2) is 17.5 Å². The first kappa shape index (κ1) is 52.2. The van der Waals surface area contributed by atoms with Crippen LogP contribution in [0.5, 0.6) is 0 Å². The van der Waals surface area contributed by atoms with Gasteiger partial charge in [0.2, 0.25) is 0 Å². The van der Waals surface area contributed by atoms with E-state index >= 15 is 0 Å². The molecule has 0 radical (unpaired) electrons. The average Bonchev–Trinajstić information content (AvgIpc) is 0.728. The molecular formula is C78H60BN7. The van der Waals surface area contributed by atoms with Gasteiger partial charge in [-0.05, 0) is 146 Å². The van der Waals surface area contributed by atoms with Gasteiger partial charge in [-0.2, -0.15) is 5.26 Å². The Morgan fingerprint density at radius 2 is 0.837 bits per heavy atom. The van der Waals surface area contributed by atoms with Gasteiger partial charge in [0.1, 0.15) is 0 Å².